The largest absolute Gasteiger partial charge is 0.349 e. The molecular weight excluding hydrogens is 252 g/mol. The second-order valence-electron chi connectivity index (χ2n) is 5.13. The molecule has 5 nitrogen and oxygen atoms in total. The lowest BCUT2D eigenvalue weighted by atomic mass is 10.0. The number of carbonyl (C=O) groups excluding carboxylic acids is 1. The van der Waals surface area contributed by atoms with Gasteiger partial charge in [-0.25, -0.2) is 0 Å². The Balaban J connectivity index is 2.27. The summed E-state index contributed by atoms with van der Waals surface area (Å²) in [6.07, 6.45) is 3.98. The Labute approximate surface area is 118 Å². The standard InChI is InChI=1S/C15H20N4O/c1-10(2)12(6-7-16)19-15(20)11-4-3-5-13-14(11)18-9-8-17-13/h3-5,8-10,12H,6-7,16H2,1-2H3,(H,19,20). The van der Waals surface area contributed by atoms with E-state index in [9.17, 15) is 4.79 Å². The molecule has 0 saturated heterocycles. The number of hydrogen-bond donors (Lipinski definition) is 2. The van der Waals surface area contributed by atoms with Gasteiger partial charge in [0.05, 0.1) is 11.1 Å². The van der Waals surface area contributed by atoms with E-state index >= 15 is 0 Å². The van der Waals surface area contributed by atoms with Crippen molar-refractivity contribution in [2.75, 3.05) is 6.54 Å². The number of para-hydroxylation sites is 1. The first-order valence-corrected chi connectivity index (χ1v) is 6.84. The van der Waals surface area contributed by atoms with Crippen molar-refractivity contribution >= 4 is 16.9 Å². The topological polar surface area (TPSA) is 80.9 Å². The van der Waals surface area contributed by atoms with Crippen molar-refractivity contribution in [2.24, 2.45) is 11.7 Å². The first-order chi connectivity index (χ1) is 9.63. The van der Waals surface area contributed by atoms with Gasteiger partial charge in [-0.15, -0.1) is 0 Å². The van der Waals surface area contributed by atoms with Crippen LogP contribution in [0.3, 0.4) is 0 Å². The summed E-state index contributed by atoms with van der Waals surface area (Å²) in [5.74, 6) is 0.215. The van der Waals surface area contributed by atoms with Gasteiger partial charge in [-0.2, -0.15) is 0 Å². The summed E-state index contributed by atoms with van der Waals surface area (Å²) in [6, 6.07) is 5.50. The molecule has 0 aliphatic rings. The van der Waals surface area contributed by atoms with Gasteiger partial charge in [0.25, 0.3) is 5.91 Å². The zero-order chi connectivity index (χ0) is 14.5. The maximum Gasteiger partial charge on any atom is 0.253 e. The molecule has 0 aliphatic carbocycles. The molecule has 2 aromatic rings. The van der Waals surface area contributed by atoms with Gasteiger partial charge in [0, 0.05) is 18.4 Å². The van der Waals surface area contributed by atoms with Crippen LogP contribution in [0.4, 0.5) is 0 Å². The Morgan fingerprint density at radius 2 is 2.05 bits per heavy atom. The van der Waals surface area contributed by atoms with E-state index in [1.165, 1.54) is 0 Å². The van der Waals surface area contributed by atoms with E-state index < -0.39 is 0 Å². The molecule has 0 radical (unpaired) electrons. The lowest BCUT2D eigenvalue weighted by molar-refractivity contribution is 0.0925. The second-order valence-corrected chi connectivity index (χ2v) is 5.13. The highest BCUT2D eigenvalue weighted by molar-refractivity contribution is 6.04. The highest BCUT2D eigenvalue weighted by atomic mass is 16.1. The van der Waals surface area contributed by atoms with Crippen LogP contribution < -0.4 is 11.1 Å². The molecule has 5 heteroatoms. The van der Waals surface area contributed by atoms with Crippen molar-refractivity contribution in [1.29, 1.82) is 0 Å². The van der Waals surface area contributed by atoms with E-state index in [4.69, 9.17) is 5.73 Å². The third kappa shape index (κ3) is 3.11. The first kappa shape index (κ1) is 14.4. The van der Waals surface area contributed by atoms with Crippen LogP contribution in [0.2, 0.25) is 0 Å². The molecule has 0 bridgehead atoms. The molecule has 1 heterocycles. The highest BCUT2D eigenvalue weighted by Gasteiger charge is 2.18. The smallest absolute Gasteiger partial charge is 0.253 e. The number of aromatic nitrogens is 2. The van der Waals surface area contributed by atoms with E-state index in [0.717, 1.165) is 11.9 Å². The Bertz CT molecular complexity index is 592. The van der Waals surface area contributed by atoms with Gasteiger partial charge >= 0.3 is 0 Å². The molecule has 0 aliphatic heterocycles. The van der Waals surface area contributed by atoms with Crippen LogP contribution in [0.1, 0.15) is 30.6 Å². The van der Waals surface area contributed by atoms with Gasteiger partial charge in [-0.1, -0.05) is 19.9 Å². The van der Waals surface area contributed by atoms with Crippen molar-refractivity contribution < 1.29 is 4.79 Å². The molecule has 0 spiro atoms. The number of fused-ring (bicyclic) bond motifs is 1. The summed E-state index contributed by atoms with van der Waals surface area (Å²) in [7, 11) is 0. The predicted molar refractivity (Wildman–Crippen MR) is 79.3 cm³/mol. The monoisotopic (exact) mass is 272 g/mol. The molecule has 1 aromatic carbocycles. The number of amides is 1. The van der Waals surface area contributed by atoms with E-state index in [1.54, 1.807) is 18.5 Å². The number of rotatable bonds is 5. The Kier molecular flexibility index (Phi) is 4.63. The molecule has 2 rings (SSSR count). The van der Waals surface area contributed by atoms with Crippen LogP contribution in [0.5, 0.6) is 0 Å². The molecule has 1 atom stereocenters. The number of carbonyl (C=O) groups is 1. The van der Waals surface area contributed by atoms with E-state index in [1.807, 2.05) is 12.1 Å². The van der Waals surface area contributed by atoms with Crippen LogP contribution in [0, 0.1) is 5.92 Å². The van der Waals surface area contributed by atoms with Crippen molar-refractivity contribution in [1.82, 2.24) is 15.3 Å². The van der Waals surface area contributed by atoms with Crippen LogP contribution in [0.25, 0.3) is 11.0 Å². The Morgan fingerprint density at radius 3 is 2.75 bits per heavy atom. The molecule has 0 saturated carbocycles. The molecular formula is C15H20N4O. The lowest BCUT2D eigenvalue weighted by Crippen LogP contribution is -2.40. The summed E-state index contributed by atoms with van der Waals surface area (Å²) in [6.45, 7) is 4.70. The molecule has 1 amide bonds. The summed E-state index contributed by atoms with van der Waals surface area (Å²) in [5.41, 5.74) is 7.50. The van der Waals surface area contributed by atoms with Crippen molar-refractivity contribution in [3.63, 3.8) is 0 Å². The number of benzene rings is 1. The predicted octanol–water partition coefficient (Wildman–Crippen LogP) is 1.73. The van der Waals surface area contributed by atoms with E-state index in [2.05, 4.69) is 29.1 Å². The molecule has 1 aromatic heterocycles. The SMILES string of the molecule is CC(C)C(CCN)NC(=O)c1cccc2nccnc12. The minimum absolute atomic E-state index is 0.0689. The maximum atomic E-state index is 12.4. The van der Waals surface area contributed by atoms with Gasteiger partial charge < -0.3 is 11.1 Å². The van der Waals surface area contributed by atoms with Crippen LogP contribution >= 0.6 is 0 Å². The number of nitrogens with zero attached hydrogens (tertiary/aromatic N) is 2. The van der Waals surface area contributed by atoms with Gasteiger partial charge in [0.15, 0.2) is 0 Å². The molecule has 20 heavy (non-hydrogen) atoms. The summed E-state index contributed by atoms with van der Waals surface area (Å²) < 4.78 is 0. The third-order valence-electron chi connectivity index (χ3n) is 3.34. The van der Waals surface area contributed by atoms with Gasteiger partial charge in [0.2, 0.25) is 0 Å². The zero-order valence-corrected chi connectivity index (χ0v) is 11.8. The van der Waals surface area contributed by atoms with Gasteiger partial charge in [-0.05, 0) is 31.0 Å². The molecule has 3 N–H and O–H groups in total. The van der Waals surface area contributed by atoms with Crippen molar-refractivity contribution in [3.8, 4) is 0 Å². The van der Waals surface area contributed by atoms with Crippen LogP contribution in [-0.4, -0.2) is 28.5 Å². The summed E-state index contributed by atoms with van der Waals surface area (Å²) >= 11 is 0. The fraction of sp³-hybridized carbons (Fsp3) is 0.400. The zero-order valence-electron chi connectivity index (χ0n) is 11.8. The Morgan fingerprint density at radius 1 is 1.30 bits per heavy atom. The minimum atomic E-state index is -0.122. The third-order valence-corrected chi connectivity index (χ3v) is 3.34. The molecule has 0 fully saturated rings. The number of hydrogen-bond acceptors (Lipinski definition) is 4. The van der Waals surface area contributed by atoms with E-state index in [0.29, 0.717) is 23.5 Å². The normalized spacial score (nSPS) is 12.6. The van der Waals surface area contributed by atoms with E-state index in [-0.39, 0.29) is 11.9 Å². The maximum absolute atomic E-state index is 12.4. The summed E-state index contributed by atoms with van der Waals surface area (Å²) in [5, 5.41) is 3.04. The first-order valence-electron chi connectivity index (χ1n) is 6.84. The fourth-order valence-corrected chi connectivity index (χ4v) is 2.17. The quantitative estimate of drug-likeness (QED) is 0.868. The second kappa shape index (κ2) is 6.43. The fourth-order valence-electron chi connectivity index (χ4n) is 2.17. The number of nitrogens with two attached hydrogens (primary N) is 1. The molecule has 1 unspecified atom stereocenters. The van der Waals surface area contributed by atoms with Gasteiger partial charge in [-0.3, -0.25) is 14.8 Å². The highest BCUT2D eigenvalue weighted by Crippen LogP contribution is 2.15. The Hall–Kier alpha value is -2.01. The minimum Gasteiger partial charge on any atom is -0.349 e. The molecule has 106 valence electrons. The number of nitrogens with one attached hydrogen (secondary N) is 1. The van der Waals surface area contributed by atoms with Gasteiger partial charge in [0.1, 0.15) is 5.52 Å². The van der Waals surface area contributed by atoms with Crippen LogP contribution in [-0.2, 0) is 0 Å². The van der Waals surface area contributed by atoms with Crippen molar-refractivity contribution in [2.45, 2.75) is 26.3 Å². The van der Waals surface area contributed by atoms with Crippen molar-refractivity contribution in [3.05, 3.63) is 36.2 Å². The average Bonchev–Trinajstić information content (AvgIpc) is 2.46. The lowest BCUT2D eigenvalue weighted by Gasteiger charge is -2.22. The average molecular weight is 272 g/mol. The summed E-state index contributed by atoms with van der Waals surface area (Å²) in [4.78, 5) is 20.9. The van der Waals surface area contributed by atoms with Crippen LogP contribution in [0.15, 0.2) is 30.6 Å².